The van der Waals surface area contributed by atoms with Crippen LogP contribution < -0.4 is 9.46 Å². The highest BCUT2D eigenvalue weighted by Crippen LogP contribution is 2.28. The molecule has 0 spiro atoms. The van der Waals surface area contributed by atoms with Gasteiger partial charge >= 0.3 is 0 Å². The van der Waals surface area contributed by atoms with Crippen molar-refractivity contribution in [2.24, 2.45) is 0 Å². The summed E-state index contributed by atoms with van der Waals surface area (Å²) in [6.45, 7) is 3.09. The van der Waals surface area contributed by atoms with Crippen molar-refractivity contribution < 1.29 is 26.9 Å². The Morgan fingerprint density at radius 3 is 2.64 bits per heavy atom. The number of aryl methyl sites for hydroxylation is 2. The van der Waals surface area contributed by atoms with Crippen molar-refractivity contribution in [3.8, 4) is 17.0 Å². The highest BCUT2D eigenvalue weighted by Gasteiger charge is 2.28. The van der Waals surface area contributed by atoms with E-state index in [-0.39, 0.29) is 17.0 Å². The average molecular weight is 404 g/mol. The third-order valence-corrected chi connectivity index (χ3v) is 5.38. The van der Waals surface area contributed by atoms with Gasteiger partial charge in [-0.1, -0.05) is 23.4 Å². The lowest BCUT2D eigenvalue weighted by Crippen LogP contribution is -2.31. The van der Waals surface area contributed by atoms with Gasteiger partial charge in [0.05, 0.1) is 7.11 Å². The summed E-state index contributed by atoms with van der Waals surface area (Å²) in [6.07, 6.45) is 0. The van der Waals surface area contributed by atoms with Crippen LogP contribution in [0.4, 0.5) is 4.39 Å². The Morgan fingerprint density at radius 1 is 1.18 bits per heavy atom. The van der Waals surface area contributed by atoms with Crippen molar-refractivity contribution in [1.82, 2.24) is 9.88 Å². The molecule has 0 saturated heterocycles. The number of nitrogens with zero attached hydrogens (tertiary/aromatic N) is 1. The maximum atomic E-state index is 14.0. The molecule has 1 heterocycles. The number of rotatable bonds is 5. The second-order valence-electron chi connectivity index (χ2n) is 6.06. The van der Waals surface area contributed by atoms with Gasteiger partial charge in [0.15, 0.2) is 0 Å². The summed E-state index contributed by atoms with van der Waals surface area (Å²) in [6, 6.07) is 10.3. The number of ether oxygens (including phenoxy) is 1. The zero-order chi connectivity index (χ0) is 20.5. The molecule has 0 aliphatic carbocycles. The van der Waals surface area contributed by atoms with E-state index in [9.17, 15) is 17.6 Å². The minimum Gasteiger partial charge on any atom is -0.497 e. The third-order valence-electron chi connectivity index (χ3n) is 4.04. The first-order valence-corrected chi connectivity index (χ1v) is 9.65. The molecule has 0 unspecified atom stereocenters. The summed E-state index contributed by atoms with van der Waals surface area (Å²) in [5, 5.41) is 3.86. The molecular formula is C19H17FN2O5S. The second kappa shape index (κ2) is 7.43. The molecule has 7 nitrogen and oxygen atoms in total. The quantitative estimate of drug-likeness (QED) is 0.701. The molecule has 1 amide bonds. The van der Waals surface area contributed by atoms with Gasteiger partial charge in [0.2, 0.25) is 0 Å². The molecule has 0 fully saturated rings. The summed E-state index contributed by atoms with van der Waals surface area (Å²) in [7, 11) is -2.95. The van der Waals surface area contributed by atoms with Crippen LogP contribution in [0.1, 0.15) is 21.7 Å². The SMILES string of the molecule is COc1cccc(-c2noc(C)c2C(=O)NS(=O)(=O)c2cc(C)ccc2F)c1. The lowest BCUT2D eigenvalue weighted by Gasteiger charge is -2.09. The Labute approximate surface area is 161 Å². The van der Waals surface area contributed by atoms with Crippen molar-refractivity contribution >= 4 is 15.9 Å². The third kappa shape index (κ3) is 3.74. The molecule has 0 saturated carbocycles. The first kappa shape index (κ1) is 19.6. The van der Waals surface area contributed by atoms with Gasteiger partial charge < -0.3 is 9.26 Å². The molecule has 2 aromatic carbocycles. The van der Waals surface area contributed by atoms with E-state index in [4.69, 9.17) is 9.26 Å². The smallest absolute Gasteiger partial charge is 0.270 e. The fourth-order valence-corrected chi connectivity index (χ4v) is 3.77. The predicted octanol–water partition coefficient (Wildman–Crippen LogP) is 3.22. The first-order chi connectivity index (χ1) is 13.2. The number of carbonyl (C=O) groups is 1. The lowest BCUT2D eigenvalue weighted by atomic mass is 10.1. The van der Waals surface area contributed by atoms with Gasteiger partial charge in [0.25, 0.3) is 15.9 Å². The monoisotopic (exact) mass is 404 g/mol. The number of methoxy groups -OCH3 is 1. The zero-order valence-electron chi connectivity index (χ0n) is 15.3. The maximum absolute atomic E-state index is 14.0. The minimum absolute atomic E-state index is 0.0649. The minimum atomic E-state index is -4.44. The van der Waals surface area contributed by atoms with Crippen LogP contribution in [-0.2, 0) is 10.0 Å². The number of benzene rings is 2. The number of halogens is 1. The Bertz CT molecular complexity index is 1150. The van der Waals surface area contributed by atoms with Gasteiger partial charge in [-0.05, 0) is 43.7 Å². The standard InChI is InChI=1S/C19H17FN2O5S/c1-11-7-8-15(20)16(9-11)28(24,25)22-19(23)17-12(2)27-21-18(17)13-5-4-6-14(10-13)26-3/h4-10H,1-3H3,(H,22,23). The molecule has 0 aliphatic rings. The summed E-state index contributed by atoms with van der Waals surface area (Å²) >= 11 is 0. The molecule has 1 N–H and O–H groups in total. The van der Waals surface area contributed by atoms with Crippen LogP contribution in [0.3, 0.4) is 0 Å². The van der Waals surface area contributed by atoms with Crippen molar-refractivity contribution in [2.75, 3.05) is 7.11 Å². The molecule has 9 heteroatoms. The summed E-state index contributed by atoms with van der Waals surface area (Å²) in [5.41, 5.74) is 1.12. The summed E-state index contributed by atoms with van der Waals surface area (Å²) in [4.78, 5) is 12.1. The number of carbonyl (C=O) groups excluding carboxylic acids is 1. The van der Waals surface area contributed by atoms with Crippen molar-refractivity contribution in [2.45, 2.75) is 18.7 Å². The fourth-order valence-electron chi connectivity index (χ4n) is 2.65. The topological polar surface area (TPSA) is 98.5 Å². The van der Waals surface area contributed by atoms with E-state index < -0.39 is 26.6 Å². The summed E-state index contributed by atoms with van der Waals surface area (Å²) in [5.74, 6) is -1.28. The van der Waals surface area contributed by atoms with Gasteiger partial charge in [0.1, 0.15) is 33.5 Å². The highest BCUT2D eigenvalue weighted by molar-refractivity contribution is 7.90. The lowest BCUT2D eigenvalue weighted by molar-refractivity contribution is 0.0980. The van der Waals surface area contributed by atoms with E-state index in [0.717, 1.165) is 12.1 Å². The fraction of sp³-hybridized carbons (Fsp3) is 0.158. The number of hydrogen-bond donors (Lipinski definition) is 1. The molecule has 0 radical (unpaired) electrons. The molecule has 28 heavy (non-hydrogen) atoms. The van der Waals surface area contributed by atoms with Crippen molar-refractivity contribution in [3.05, 3.63) is 65.2 Å². The first-order valence-electron chi connectivity index (χ1n) is 8.17. The van der Waals surface area contributed by atoms with E-state index in [1.165, 1.54) is 20.1 Å². The molecule has 146 valence electrons. The normalized spacial score (nSPS) is 11.3. The Morgan fingerprint density at radius 2 is 1.93 bits per heavy atom. The van der Waals surface area contributed by atoms with Gasteiger partial charge in [0, 0.05) is 5.56 Å². The number of amides is 1. The van der Waals surface area contributed by atoms with Crippen LogP contribution in [0.25, 0.3) is 11.3 Å². The van der Waals surface area contributed by atoms with Crippen LogP contribution in [0.15, 0.2) is 51.9 Å². The van der Waals surface area contributed by atoms with Crippen LogP contribution in [0, 0.1) is 19.7 Å². The molecule has 1 aromatic heterocycles. The van der Waals surface area contributed by atoms with Crippen LogP contribution in [0.2, 0.25) is 0 Å². The molecule has 0 aliphatic heterocycles. The molecule has 0 atom stereocenters. The summed E-state index contributed by atoms with van der Waals surface area (Å²) < 4.78 is 51.2. The number of hydrogen-bond acceptors (Lipinski definition) is 6. The molecule has 3 rings (SSSR count). The highest BCUT2D eigenvalue weighted by atomic mass is 32.2. The number of aromatic nitrogens is 1. The number of sulfonamides is 1. The Kier molecular flexibility index (Phi) is 5.19. The second-order valence-corrected chi connectivity index (χ2v) is 7.71. The molecular weight excluding hydrogens is 387 g/mol. The van der Waals surface area contributed by atoms with Gasteiger partial charge in [-0.15, -0.1) is 0 Å². The van der Waals surface area contributed by atoms with Crippen LogP contribution in [-0.4, -0.2) is 26.6 Å². The van der Waals surface area contributed by atoms with E-state index in [0.29, 0.717) is 16.9 Å². The Balaban J connectivity index is 2.00. The van der Waals surface area contributed by atoms with E-state index in [1.807, 2.05) is 4.72 Å². The van der Waals surface area contributed by atoms with Crippen molar-refractivity contribution in [1.29, 1.82) is 0 Å². The van der Waals surface area contributed by atoms with Crippen molar-refractivity contribution in [3.63, 3.8) is 0 Å². The van der Waals surface area contributed by atoms with Gasteiger partial charge in [-0.3, -0.25) is 4.79 Å². The maximum Gasteiger partial charge on any atom is 0.270 e. The van der Waals surface area contributed by atoms with Gasteiger partial charge in [-0.2, -0.15) is 0 Å². The van der Waals surface area contributed by atoms with Gasteiger partial charge in [-0.25, -0.2) is 17.5 Å². The van der Waals surface area contributed by atoms with E-state index in [2.05, 4.69) is 5.16 Å². The van der Waals surface area contributed by atoms with E-state index in [1.54, 1.807) is 31.2 Å². The Hall–Kier alpha value is -3.20. The van der Waals surface area contributed by atoms with E-state index >= 15 is 0 Å². The zero-order valence-corrected chi connectivity index (χ0v) is 16.1. The molecule has 0 bridgehead atoms. The largest absolute Gasteiger partial charge is 0.497 e. The number of nitrogens with one attached hydrogen (secondary N) is 1. The predicted molar refractivity (Wildman–Crippen MR) is 99.0 cm³/mol. The van der Waals surface area contributed by atoms with Crippen LogP contribution >= 0.6 is 0 Å². The van der Waals surface area contributed by atoms with Crippen LogP contribution in [0.5, 0.6) is 5.75 Å². The molecule has 3 aromatic rings. The average Bonchev–Trinajstić information content (AvgIpc) is 3.05.